The van der Waals surface area contributed by atoms with Gasteiger partial charge in [0.1, 0.15) is 10.9 Å². The third kappa shape index (κ3) is 3.67. The fraction of sp³-hybridized carbons (Fsp3) is 0.455. The molecule has 0 aliphatic carbocycles. The summed E-state index contributed by atoms with van der Waals surface area (Å²) in [6.07, 6.45) is -0.252. The largest absolute Gasteiger partial charge is 0.480 e. The summed E-state index contributed by atoms with van der Waals surface area (Å²) in [4.78, 5) is 44.9. The summed E-state index contributed by atoms with van der Waals surface area (Å²) in [5.74, 6) is -2.56. The van der Waals surface area contributed by atoms with Crippen molar-refractivity contribution in [2.45, 2.75) is 25.8 Å². The van der Waals surface area contributed by atoms with Gasteiger partial charge in [0.15, 0.2) is 0 Å². The minimum absolute atomic E-state index is 0.100. The van der Waals surface area contributed by atoms with Crippen molar-refractivity contribution in [1.82, 2.24) is 9.88 Å². The van der Waals surface area contributed by atoms with Gasteiger partial charge in [-0.2, -0.15) is 0 Å². The van der Waals surface area contributed by atoms with Crippen LogP contribution in [0.15, 0.2) is 4.79 Å². The van der Waals surface area contributed by atoms with Crippen molar-refractivity contribution >= 4 is 29.1 Å². The molecule has 8 nitrogen and oxygen atoms in total. The van der Waals surface area contributed by atoms with Crippen molar-refractivity contribution < 1.29 is 19.5 Å². The Hall–Kier alpha value is -2.16. The molecule has 0 fully saturated rings. The van der Waals surface area contributed by atoms with Crippen molar-refractivity contribution in [1.29, 1.82) is 0 Å². The summed E-state index contributed by atoms with van der Waals surface area (Å²) >= 11 is 0.738. The number of nitrogens with two attached hydrogens (primary N) is 1. The molecule has 110 valence electrons. The second-order valence-corrected chi connectivity index (χ2v) is 5.17. The third-order valence-electron chi connectivity index (χ3n) is 2.78. The molecule has 9 heteroatoms. The van der Waals surface area contributed by atoms with Gasteiger partial charge in [-0.3, -0.25) is 14.4 Å². The van der Waals surface area contributed by atoms with Crippen LogP contribution in [0.2, 0.25) is 0 Å². The van der Waals surface area contributed by atoms with Crippen LogP contribution in [0.4, 0.5) is 0 Å². The second kappa shape index (κ2) is 6.33. The van der Waals surface area contributed by atoms with Crippen LogP contribution < -0.4 is 15.9 Å². The van der Waals surface area contributed by atoms with Gasteiger partial charge in [-0.05, 0) is 13.3 Å². The highest BCUT2D eigenvalue weighted by atomic mass is 32.1. The number of amides is 2. The van der Waals surface area contributed by atoms with Crippen LogP contribution in [0.5, 0.6) is 0 Å². The SMILES string of the molecule is Cc1c(C(=O)NC(CCC(N)=O)C(=O)O)sc(=O)n1C. The maximum atomic E-state index is 12.0. The molecule has 0 spiro atoms. The molecule has 1 heterocycles. The predicted octanol–water partition coefficient (Wildman–Crippen LogP) is -0.796. The van der Waals surface area contributed by atoms with E-state index in [0.29, 0.717) is 5.69 Å². The van der Waals surface area contributed by atoms with E-state index in [2.05, 4.69) is 5.32 Å². The average molecular weight is 301 g/mol. The highest BCUT2D eigenvalue weighted by molar-refractivity contribution is 7.11. The molecule has 1 rings (SSSR count). The zero-order chi connectivity index (χ0) is 15.4. The van der Waals surface area contributed by atoms with Gasteiger partial charge in [-0.15, -0.1) is 0 Å². The van der Waals surface area contributed by atoms with E-state index in [9.17, 15) is 19.2 Å². The van der Waals surface area contributed by atoms with Crippen LogP contribution in [-0.4, -0.2) is 33.5 Å². The summed E-state index contributed by atoms with van der Waals surface area (Å²) in [6, 6.07) is -1.23. The molecule has 0 saturated carbocycles. The maximum absolute atomic E-state index is 12.0. The lowest BCUT2D eigenvalue weighted by Crippen LogP contribution is -2.41. The Balaban J connectivity index is 2.85. The van der Waals surface area contributed by atoms with Crippen molar-refractivity contribution in [2.75, 3.05) is 0 Å². The van der Waals surface area contributed by atoms with E-state index in [1.807, 2.05) is 0 Å². The van der Waals surface area contributed by atoms with Crippen molar-refractivity contribution in [2.24, 2.45) is 12.8 Å². The Bertz CT molecular complexity index is 604. The number of hydrogen-bond acceptors (Lipinski definition) is 5. The smallest absolute Gasteiger partial charge is 0.326 e. The summed E-state index contributed by atoms with van der Waals surface area (Å²) in [5.41, 5.74) is 5.40. The maximum Gasteiger partial charge on any atom is 0.326 e. The number of carbonyl (C=O) groups is 3. The number of aromatic nitrogens is 1. The zero-order valence-corrected chi connectivity index (χ0v) is 11.8. The summed E-state index contributed by atoms with van der Waals surface area (Å²) in [7, 11) is 1.52. The first-order valence-corrected chi connectivity index (χ1v) is 6.54. The van der Waals surface area contributed by atoms with E-state index in [0.717, 1.165) is 11.3 Å². The standard InChI is InChI=1S/C11H15N3O5S/c1-5-8(20-11(19)14(5)2)9(16)13-6(10(17)18)3-4-7(12)15/h6H,3-4H2,1-2H3,(H2,12,15)(H,13,16)(H,17,18). The Morgan fingerprint density at radius 3 is 2.45 bits per heavy atom. The van der Waals surface area contributed by atoms with Gasteiger partial charge >= 0.3 is 10.8 Å². The quantitative estimate of drug-likeness (QED) is 0.633. The van der Waals surface area contributed by atoms with Crippen LogP contribution >= 0.6 is 11.3 Å². The van der Waals surface area contributed by atoms with Crippen molar-refractivity contribution in [3.63, 3.8) is 0 Å². The average Bonchev–Trinajstić information content (AvgIpc) is 2.61. The first kappa shape index (κ1) is 15.9. The summed E-state index contributed by atoms with van der Waals surface area (Å²) in [6.45, 7) is 1.59. The van der Waals surface area contributed by atoms with Gasteiger partial charge in [-0.25, -0.2) is 4.79 Å². The molecular weight excluding hydrogens is 286 g/mol. The van der Waals surface area contributed by atoms with Crippen molar-refractivity contribution in [3.8, 4) is 0 Å². The summed E-state index contributed by atoms with van der Waals surface area (Å²) in [5, 5.41) is 11.3. The highest BCUT2D eigenvalue weighted by Gasteiger charge is 2.24. The molecule has 2 amide bonds. The van der Waals surface area contributed by atoms with Crippen LogP contribution in [0.25, 0.3) is 0 Å². The third-order valence-corrected chi connectivity index (χ3v) is 3.92. The van der Waals surface area contributed by atoms with E-state index in [1.54, 1.807) is 6.92 Å². The van der Waals surface area contributed by atoms with Crippen LogP contribution in [-0.2, 0) is 16.6 Å². The lowest BCUT2D eigenvalue weighted by Gasteiger charge is -2.13. The number of nitrogens with one attached hydrogen (secondary N) is 1. The highest BCUT2D eigenvalue weighted by Crippen LogP contribution is 2.11. The molecule has 1 aromatic rings. The normalized spacial score (nSPS) is 11.9. The minimum Gasteiger partial charge on any atom is -0.480 e. The van der Waals surface area contributed by atoms with Gasteiger partial charge in [-0.1, -0.05) is 11.3 Å². The Kier molecular flexibility index (Phi) is 5.03. The number of carbonyl (C=O) groups excluding carboxylic acids is 2. The van der Waals surface area contributed by atoms with E-state index in [-0.39, 0.29) is 22.6 Å². The van der Waals surface area contributed by atoms with Crippen molar-refractivity contribution in [3.05, 3.63) is 20.2 Å². The Morgan fingerprint density at radius 2 is 2.05 bits per heavy atom. The van der Waals surface area contributed by atoms with Gasteiger partial charge in [0, 0.05) is 19.2 Å². The summed E-state index contributed by atoms with van der Waals surface area (Å²) < 4.78 is 1.30. The number of nitrogens with zero attached hydrogens (tertiary/aromatic N) is 1. The monoisotopic (exact) mass is 301 g/mol. The lowest BCUT2D eigenvalue weighted by molar-refractivity contribution is -0.139. The van der Waals surface area contributed by atoms with Crippen LogP contribution in [0.1, 0.15) is 28.2 Å². The molecule has 1 aromatic heterocycles. The van der Waals surface area contributed by atoms with Gasteiger partial charge in [0.2, 0.25) is 5.91 Å². The molecule has 0 radical (unpaired) electrons. The molecule has 0 aliphatic heterocycles. The number of aliphatic carboxylic acids is 1. The minimum atomic E-state index is -1.26. The number of carboxylic acid groups (broad SMARTS) is 1. The van der Waals surface area contributed by atoms with E-state index in [1.165, 1.54) is 11.6 Å². The molecular formula is C11H15N3O5S. The van der Waals surface area contributed by atoms with Gasteiger partial charge < -0.3 is 20.7 Å². The number of carboxylic acids is 1. The molecule has 20 heavy (non-hydrogen) atoms. The van der Waals surface area contributed by atoms with E-state index in [4.69, 9.17) is 10.8 Å². The number of hydrogen-bond donors (Lipinski definition) is 3. The Labute approximate surface area is 118 Å². The molecule has 0 aromatic carbocycles. The predicted molar refractivity (Wildman–Crippen MR) is 71.6 cm³/mol. The fourth-order valence-electron chi connectivity index (χ4n) is 1.50. The number of thiazole rings is 1. The number of rotatable bonds is 6. The van der Waals surface area contributed by atoms with E-state index >= 15 is 0 Å². The van der Waals surface area contributed by atoms with E-state index < -0.39 is 23.8 Å². The number of primary amides is 1. The second-order valence-electron chi connectivity index (χ2n) is 4.21. The van der Waals surface area contributed by atoms with Gasteiger partial charge in [0.25, 0.3) is 5.91 Å². The molecule has 0 bridgehead atoms. The molecule has 4 N–H and O–H groups in total. The zero-order valence-electron chi connectivity index (χ0n) is 11.0. The molecule has 0 saturated heterocycles. The van der Waals surface area contributed by atoms with Gasteiger partial charge in [0.05, 0.1) is 0 Å². The fourth-order valence-corrected chi connectivity index (χ4v) is 2.38. The topological polar surface area (TPSA) is 131 Å². The van der Waals surface area contributed by atoms with Crippen LogP contribution in [0, 0.1) is 6.92 Å². The lowest BCUT2D eigenvalue weighted by atomic mass is 10.1. The Morgan fingerprint density at radius 1 is 1.45 bits per heavy atom. The van der Waals surface area contributed by atoms with Crippen LogP contribution in [0.3, 0.4) is 0 Å². The first-order chi connectivity index (χ1) is 9.23. The molecule has 0 aliphatic rings. The molecule has 1 atom stereocenters. The molecule has 1 unspecified atom stereocenters. The first-order valence-electron chi connectivity index (χ1n) is 5.72.